The van der Waals surface area contributed by atoms with E-state index in [1.165, 1.54) is 11.6 Å². The fourth-order valence-electron chi connectivity index (χ4n) is 3.70. The van der Waals surface area contributed by atoms with E-state index in [0.29, 0.717) is 43.3 Å². The number of hydrogen-bond donors (Lipinski definition) is 0. The van der Waals surface area contributed by atoms with Crippen LogP contribution >= 0.6 is 34.8 Å². The van der Waals surface area contributed by atoms with Crippen molar-refractivity contribution in [3.63, 3.8) is 0 Å². The van der Waals surface area contributed by atoms with Gasteiger partial charge in [0.15, 0.2) is 11.2 Å². The van der Waals surface area contributed by atoms with E-state index in [-0.39, 0.29) is 0 Å². The largest absolute Gasteiger partial charge is 0.332 e. The molecular formula is C21H14Cl3N5O2. The number of benzene rings is 2. The molecule has 0 N–H and O–H groups in total. The minimum Gasteiger partial charge on any atom is -0.279 e. The first-order chi connectivity index (χ1) is 14.8. The van der Waals surface area contributed by atoms with Gasteiger partial charge >= 0.3 is 5.69 Å². The van der Waals surface area contributed by atoms with Gasteiger partial charge in [-0.05, 0) is 42.5 Å². The Morgan fingerprint density at radius 3 is 2.23 bits per heavy atom. The van der Waals surface area contributed by atoms with E-state index < -0.39 is 11.2 Å². The molecule has 5 aromatic rings. The molecule has 0 aliphatic carbocycles. The van der Waals surface area contributed by atoms with Crippen LogP contribution in [-0.4, -0.2) is 23.1 Å². The van der Waals surface area contributed by atoms with E-state index in [0.717, 1.165) is 10.3 Å². The number of halogens is 3. The fraction of sp³-hybridized carbons (Fsp3) is 0.0952. The molecule has 0 saturated heterocycles. The van der Waals surface area contributed by atoms with Crippen LogP contribution in [0, 0.1) is 0 Å². The molecule has 5 rings (SSSR count). The summed E-state index contributed by atoms with van der Waals surface area (Å²) in [6.07, 6.45) is 1.78. The van der Waals surface area contributed by atoms with E-state index in [9.17, 15) is 9.59 Å². The number of rotatable bonds is 2. The summed E-state index contributed by atoms with van der Waals surface area (Å²) in [6.45, 7) is 0. The van der Waals surface area contributed by atoms with Crippen molar-refractivity contribution in [2.24, 2.45) is 14.1 Å². The molecule has 10 heteroatoms. The molecule has 3 aromatic heterocycles. The van der Waals surface area contributed by atoms with E-state index in [1.807, 2.05) is 22.8 Å². The summed E-state index contributed by atoms with van der Waals surface area (Å²) in [4.78, 5) is 30.0. The first kappa shape index (κ1) is 19.9. The van der Waals surface area contributed by atoms with Gasteiger partial charge in [0.1, 0.15) is 0 Å². The van der Waals surface area contributed by atoms with Crippen LogP contribution in [0.25, 0.3) is 33.9 Å². The second kappa shape index (κ2) is 7.02. The molecule has 0 radical (unpaired) electrons. The lowest BCUT2D eigenvalue weighted by Crippen LogP contribution is -2.37. The zero-order valence-corrected chi connectivity index (χ0v) is 18.6. The van der Waals surface area contributed by atoms with Gasteiger partial charge in [0.2, 0.25) is 5.78 Å². The van der Waals surface area contributed by atoms with Gasteiger partial charge in [-0.2, -0.15) is 4.98 Å². The first-order valence-electron chi connectivity index (χ1n) is 9.19. The smallest absolute Gasteiger partial charge is 0.279 e. The number of aryl methyl sites for hydroxylation is 1. The predicted octanol–water partition coefficient (Wildman–Crippen LogP) is 4.30. The van der Waals surface area contributed by atoms with Crippen LogP contribution in [0.1, 0.15) is 0 Å². The van der Waals surface area contributed by atoms with Crippen molar-refractivity contribution in [1.29, 1.82) is 0 Å². The van der Waals surface area contributed by atoms with Gasteiger partial charge in [0.25, 0.3) is 5.56 Å². The number of fused-ring (bicyclic) bond motifs is 3. The summed E-state index contributed by atoms with van der Waals surface area (Å²) >= 11 is 18.7. The second-order valence-electron chi connectivity index (χ2n) is 7.11. The Labute approximate surface area is 190 Å². The molecule has 0 bridgehead atoms. The molecular weight excluding hydrogens is 461 g/mol. The van der Waals surface area contributed by atoms with Crippen LogP contribution in [0.2, 0.25) is 15.1 Å². The molecule has 0 amide bonds. The third kappa shape index (κ3) is 2.92. The van der Waals surface area contributed by atoms with Gasteiger partial charge in [-0.15, -0.1) is 0 Å². The third-order valence-electron chi connectivity index (χ3n) is 5.26. The Bertz CT molecular complexity index is 1620. The Hall–Kier alpha value is -3.00. The lowest BCUT2D eigenvalue weighted by molar-refractivity contribution is 0.708. The summed E-state index contributed by atoms with van der Waals surface area (Å²) < 4.78 is 5.94. The number of nitrogens with zero attached hydrogens (tertiary/aromatic N) is 5. The van der Waals surface area contributed by atoms with Crippen molar-refractivity contribution in [3.05, 3.63) is 84.6 Å². The van der Waals surface area contributed by atoms with Gasteiger partial charge in [-0.1, -0.05) is 34.8 Å². The van der Waals surface area contributed by atoms with Crippen LogP contribution in [0.5, 0.6) is 0 Å². The zero-order chi connectivity index (χ0) is 22.0. The Morgan fingerprint density at radius 1 is 0.871 bits per heavy atom. The van der Waals surface area contributed by atoms with Crippen LogP contribution in [-0.2, 0) is 14.1 Å². The number of hydrogen-bond acceptors (Lipinski definition) is 3. The fourth-order valence-corrected chi connectivity index (χ4v) is 4.33. The van der Waals surface area contributed by atoms with Crippen LogP contribution in [0.3, 0.4) is 0 Å². The standard InChI is InChI=1S/C21H14Cl3N5O2/c1-26-18-17(19(30)27(2)21(26)31)28-10-16(14-8-5-12(23)9-15(14)24)29(20(28)25-18)13-6-3-11(22)4-7-13/h3-10H,1-2H3. The SMILES string of the molecule is Cn1c(=O)c2c(nc3n(-c4ccc(Cl)cc4)c(-c4ccc(Cl)cc4Cl)cn23)n(C)c1=O. The Balaban J connectivity index is 1.97. The van der Waals surface area contributed by atoms with Gasteiger partial charge in [-0.25, -0.2) is 4.79 Å². The lowest BCUT2D eigenvalue weighted by atomic mass is 10.1. The minimum absolute atomic E-state index is 0.290. The first-order valence-corrected chi connectivity index (χ1v) is 10.3. The van der Waals surface area contributed by atoms with Crippen molar-refractivity contribution in [2.45, 2.75) is 0 Å². The van der Waals surface area contributed by atoms with Gasteiger partial charge < -0.3 is 0 Å². The molecule has 0 aliphatic heterocycles. The normalized spacial score (nSPS) is 11.6. The summed E-state index contributed by atoms with van der Waals surface area (Å²) in [5.41, 5.74) is 1.87. The van der Waals surface area contributed by atoms with Crippen molar-refractivity contribution in [3.8, 4) is 16.9 Å². The van der Waals surface area contributed by atoms with E-state index in [4.69, 9.17) is 34.8 Å². The highest BCUT2D eigenvalue weighted by molar-refractivity contribution is 6.36. The number of aromatic nitrogens is 5. The van der Waals surface area contributed by atoms with Gasteiger partial charge in [0, 0.05) is 41.6 Å². The Morgan fingerprint density at radius 2 is 1.55 bits per heavy atom. The van der Waals surface area contributed by atoms with E-state index in [1.54, 1.807) is 41.9 Å². The van der Waals surface area contributed by atoms with Gasteiger partial charge in [0.05, 0.1) is 10.7 Å². The summed E-state index contributed by atoms with van der Waals surface area (Å²) in [5, 5.41) is 1.55. The van der Waals surface area contributed by atoms with Crippen molar-refractivity contribution >= 4 is 51.7 Å². The van der Waals surface area contributed by atoms with Gasteiger partial charge in [-0.3, -0.25) is 22.9 Å². The molecule has 2 aromatic carbocycles. The maximum atomic E-state index is 12.9. The molecule has 0 atom stereocenters. The van der Waals surface area contributed by atoms with E-state index in [2.05, 4.69) is 4.98 Å². The summed E-state index contributed by atoms with van der Waals surface area (Å²) in [7, 11) is 3.02. The molecule has 0 unspecified atom stereocenters. The lowest BCUT2D eigenvalue weighted by Gasteiger charge is -2.11. The minimum atomic E-state index is -0.447. The zero-order valence-electron chi connectivity index (χ0n) is 16.3. The molecule has 156 valence electrons. The van der Waals surface area contributed by atoms with Crippen molar-refractivity contribution in [1.82, 2.24) is 23.1 Å². The summed E-state index contributed by atoms with van der Waals surface area (Å²) in [5.74, 6) is 0.455. The predicted molar refractivity (Wildman–Crippen MR) is 123 cm³/mol. The molecule has 31 heavy (non-hydrogen) atoms. The maximum Gasteiger partial charge on any atom is 0.332 e. The average Bonchev–Trinajstić information content (AvgIpc) is 3.28. The third-order valence-corrected chi connectivity index (χ3v) is 6.06. The Kier molecular flexibility index (Phi) is 4.51. The van der Waals surface area contributed by atoms with Crippen LogP contribution in [0.4, 0.5) is 0 Å². The number of imidazole rings is 2. The molecule has 0 saturated carbocycles. The molecule has 3 heterocycles. The molecule has 0 aliphatic rings. The highest BCUT2D eigenvalue weighted by Crippen LogP contribution is 2.34. The highest BCUT2D eigenvalue weighted by atomic mass is 35.5. The van der Waals surface area contributed by atoms with Crippen molar-refractivity contribution < 1.29 is 0 Å². The second-order valence-corrected chi connectivity index (χ2v) is 8.39. The average molecular weight is 475 g/mol. The summed E-state index contributed by atoms with van der Waals surface area (Å²) in [6, 6.07) is 12.4. The molecule has 0 spiro atoms. The molecule has 7 nitrogen and oxygen atoms in total. The van der Waals surface area contributed by atoms with Crippen LogP contribution in [0.15, 0.2) is 58.3 Å². The maximum absolute atomic E-state index is 12.9. The van der Waals surface area contributed by atoms with Crippen molar-refractivity contribution in [2.75, 3.05) is 0 Å². The highest BCUT2D eigenvalue weighted by Gasteiger charge is 2.22. The van der Waals surface area contributed by atoms with Crippen LogP contribution < -0.4 is 11.2 Å². The topological polar surface area (TPSA) is 66.2 Å². The monoisotopic (exact) mass is 473 g/mol. The quantitative estimate of drug-likeness (QED) is 0.383. The van der Waals surface area contributed by atoms with E-state index >= 15 is 0 Å². The molecule has 0 fully saturated rings.